The number of carbonyl (C=O) groups is 1. The predicted octanol–water partition coefficient (Wildman–Crippen LogP) is 1.31. The van der Waals surface area contributed by atoms with E-state index in [1.54, 1.807) is 24.9 Å². The highest BCUT2D eigenvalue weighted by Crippen LogP contribution is 2.11. The van der Waals surface area contributed by atoms with Crippen LogP contribution in [-0.2, 0) is 16.0 Å². The number of nitrogens with zero attached hydrogens (tertiary/aromatic N) is 2. The number of carbonyl (C=O) groups excluding carboxylic acids is 1. The summed E-state index contributed by atoms with van der Waals surface area (Å²) in [5, 5.41) is 4.17. The summed E-state index contributed by atoms with van der Waals surface area (Å²) in [6, 6.07) is 0. The Balaban J connectivity index is 2.72. The first-order valence-corrected chi connectivity index (χ1v) is 5.66. The van der Waals surface area contributed by atoms with Crippen molar-refractivity contribution in [3.05, 3.63) is 15.5 Å². The summed E-state index contributed by atoms with van der Waals surface area (Å²) >= 11 is 2.01. The van der Waals surface area contributed by atoms with Crippen molar-refractivity contribution < 1.29 is 14.3 Å². The average Bonchev–Trinajstić information content (AvgIpc) is 2.57. The van der Waals surface area contributed by atoms with Gasteiger partial charge in [0.2, 0.25) is 0 Å². The third-order valence-corrected chi connectivity index (χ3v) is 2.53. The second kappa shape index (κ2) is 6.06. The van der Waals surface area contributed by atoms with E-state index in [2.05, 4.69) is 5.10 Å². The third kappa shape index (κ3) is 3.45. The van der Waals surface area contributed by atoms with E-state index in [-0.39, 0.29) is 5.97 Å². The lowest BCUT2D eigenvalue weighted by molar-refractivity contribution is 0.0525. The Labute approximate surface area is 102 Å². The van der Waals surface area contributed by atoms with Gasteiger partial charge in [0.15, 0.2) is 0 Å². The van der Waals surface area contributed by atoms with E-state index in [0.717, 1.165) is 0 Å². The summed E-state index contributed by atoms with van der Waals surface area (Å²) in [5.41, 5.74) is 0.508. The maximum absolute atomic E-state index is 11.4. The summed E-state index contributed by atoms with van der Waals surface area (Å²) in [6.45, 7) is 3.35. The summed E-state index contributed by atoms with van der Waals surface area (Å²) in [4.78, 5) is 11.4. The van der Waals surface area contributed by atoms with E-state index < -0.39 is 0 Å². The van der Waals surface area contributed by atoms with Crippen molar-refractivity contribution in [1.29, 1.82) is 0 Å². The van der Waals surface area contributed by atoms with Crippen LogP contribution >= 0.6 is 22.6 Å². The normalized spacial score (nSPS) is 10.3. The van der Waals surface area contributed by atoms with Gasteiger partial charge in [-0.05, 0) is 29.5 Å². The van der Waals surface area contributed by atoms with E-state index in [1.165, 1.54) is 0 Å². The maximum Gasteiger partial charge on any atom is 0.342 e. The number of esters is 1. The molecule has 1 aromatic heterocycles. The molecule has 0 aliphatic heterocycles. The molecule has 5 nitrogen and oxygen atoms in total. The molecule has 1 heterocycles. The molecule has 0 aliphatic carbocycles. The molecule has 0 spiro atoms. The maximum atomic E-state index is 11.4. The lowest BCUT2D eigenvalue weighted by Crippen LogP contribution is -2.05. The first-order chi connectivity index (χ1) is 7.19. The highest BCUT2D eigenvalue weighted by atomic mass is 127. The zero-order valence-corrected chi connectivity index (χ0v) is 10.9. The van der Waals surface area contributed by atoms with Crippen LogP contribution in [0.2, 0.25) is 0 Å². The minimum Gasteiger partial charge on any atom is -0.462 e. The molecule has 0 amide bonds. The van der Waals surface area contributed by atoms with Crippen molar-refractivity contribution in [3.63, 3.8) is 0 Å². The lowest BCUT2D eigenvalue weighted by Gasteiger charge is -1.98. The number of aromatic nitrogens is 2. The van der Waals surface area contributed by atoms with Crippen LogP contribution in [0.4, 0.5) is 0 Å². The van der Waals surface area contributed by atoms with E-state index in [4.69, 9.17) is 9.47 Å². The van der Waals surface area contributed by atoms with Crippen LogP contribution in [0.3, 0.4) is 0 Å². The fourth-order valence-electron chi connectivity index (χ4n) is 1.04. The van der Waals surface area contributed by atoms with Gasteiger partial charge in [0.05, 0.1) is 19.8 Å². The van der Waals surface area contributed by atoms with Gasteiger partial charge in [-0.15, -0.1) is 0 Å². The van der Waals surface area contributed by atoms with Crippen molar-refractivity contribution in [3.8, 4) is 0 Å². The molecular formula is C9H13IN2O3. The zero-order valence-electron chi connectivity index (χ0n) is 8.70. The quantitative estimate of drug-likeness (QED) is 0.605. The number of methoxy groups -OCH3 is 1. The van der Waals surface area contributed by atoms with Crippen molar-refractivity contribution in [2.45, 2.75) is 13.5 Å². The van der Waals surface area contributed by atoms with Crippen LogP contribution in [0, 0.1) is 3.70 Å². The molecule has 0 N–H and O–H groups in total. The fourth-order valence-corrected chi connectivity index (χ4v) is 1.68. The fraction of sp³-hybridized carbons (Fsp3) is 0.556. The molecule has 1 rings (SSSR count). The molecule has 0 aliphatic rings. The van der Waals surface area contributed by atoms with Crippen LogP contribution in [0.5, 0.6) is 0 Å². The van der Waals surface area contributed by atoms with Crippen LogP contribution in [-0.4, -0.2) is 36.1 Å². The highest BCUT2D eigenvalue weighted by molar-refractivity contribution is 14.1. The summed E-state index contributed by atoms with van der Waals surface area (Å²) in [7, 11) is 1.63. The van der Waals surface area contributed by atoms with Crippen molar-refractivity contribution in [2.24, 2.45) is 0 Å². The molecule has 15 heavy (non-hydrogen) atoms. The third-order valence-electron chi connectivity index (χ3n) is 1.74. The highest BCUT2D eigenvalue weighted by Gasteiger charge is 2.15. The van der Waals surface area contributed by atoms with Gasteiger partial charge in [0.25, 0.3) is 0 Å². The second-order valence-electron chi connectivity index (χ2n) is 2.81. The number of hydrogen-bond donors (Lipinski definition) is 0. The molecule has 0 saturated heterocycles. The van der Waals surface area contributed by atoms with Gasteiger partial charge in [-0.1, -0.05) is 0 Å². The molecule has 0 aromatic carbocycles. The molecule has 0 fully saturated rings. The topological polar surface area (TPSA) is 53.4 Å². The Bertz CT molecular complexity index is 338. The smallest absolute Gasteiger partial charge is 0.342 e. The minimum atomic E-state index is -0.328. The van der Waals surface area contributed by atoms with Gasteiger partial charge in [0, 0.05) is 13.3 Å². The first-order valence-electron chi connectivity index (χ1n) is 4.58. The molecule has 0 saturated carbocycles. The van der Waals surface area contributed by atoms with Crippen LogP contribution in [0.15, 0.2) is 6.20 Å². The lowest BCUT2D eigenvalue weighted by atomic mass is 10.4. The number of rotatable bonds is 5. The van der Waals surface area contributed by atoms with E-state index >= 15 is 0 Å². The van der Waals surface area contributed by atoms with Crippen molar-refractivity contribution >= 4 is 28.6 Å². The van der Waals surface area contributed by atoms with Gasteiger partial charge >= 0.3 is 5.97 Å². The molecule has 0 bridgehead atoms. The minimum absolute atomic E-state index is 0.328. The monoisotopic (exact) mass is 324 g/mol. The van der Waals surface area contributed by atoms with Crippen molar-refractivity contribution in [1.82, 2.24) is 9.78 Å². The Kier molecular flexibility index (Phi) is 5.03. The van der Waals surface area contributed by atoms with Crippen LogP contribution < -0.4 is 0 Å². The molecule has 84 valence electrons. The Morgan fingerprint density at radius 3 is 3.00 bits per heavy atom. The molecule has 0 unspecified atom stereocenters. The average molecular weight is 324 g/mol. The Morgan fingerprint density at radius 1 is 1.67 bits per heavy atom. The van der Waals surface area contributed by atoms with Gasteiger partial charge in [-0.25, -0.2) is 4.79 Å². The van der Waals surface area contributed by atoms with Crippen LogP contribution in [0.1, 0.15) is 17.3 Å². The summed E-state index contributed by atoms with van der Waals surface area (Å²) < 4.78 is 12.2. The standard InChI is InChI=1S/C9H13IN2O3/c1-3-15-9(13)7-6-12(4-5-14-2)11-8(7)10/h6H,3-5H2,1-2H3. The van der Waals surface area contributed by atoms with Crippen LogP contribution in [0.25, 0.3) is 0 Å². The SMILES string of the molecule is CCOC(=O)c1cn(CCOC)nc1I. The molecule has 0 atom stereocenters. The molecule has 1 aromatic rings. The Morgan fingerprint density at radius 2 is 2.40 bits per heavy atom. The Hall–Kier alpha value is -0.630. The van der Waals surface area contributed by atoms with Crippen molar-refractivity contribution in [2.75, 3.05) is 20.3 Å². The second-order valence-corrected chi connectivity index (χ2v) is 3.83. The van der Waals surface area contributed by atoms with E-state index in [9.17, 15) is 4.79 Å². The molecular weight excluding hydrogens is 311 g/mol. The summed E-state index contributed by atoms with van der Waals surface area (Å²) in [6.07, 6.45) is 1.68. The van der Waals surface area contributed by atoms with Gasteiger partial charge in [-0.2, -0.15) is 5.10 Å². The largest absolute Gasteiger partial charge is 0.462 e. The summed E-state index contributed by atoms with van der Waals surface area (Å²) in [5.74, 6) is -0.328. The number of ether oxygens (including phenoxy) is 2. The first kappa shape index (κ1) is 12.4. The molecule has 6 heteroatoms. The van der Waals surface area contributed by atoms with E-state index in [0.29, 0.717) is 29.0 Å². The van der Waals surface area contributed by atoms with Gasteiger partial charge < -0.3 is 9.47 Å². The van der Waals surface area contributed by atoms with Gasteiger partial charge in [-0.3, -0.25) is 4.68 Å². The number of hydrogen-bond acceptors (Lipinski definition) is 4. The molecule has 0 radical (unpaired) electrons. The zero-order chi connectivity index (χ0) is 11.3. The van der Waals surface area contributed by atoms with E-state index in [1.807, 2.05) is 22.6 Å². The predicted molar refractivity (Wildman–Crippen MR) is 62.8 cm³/mol. The number of halogens is 1. The van der Waals surface area contributed by atoms with Gasteiger partial charge in [0.1, 0.15) is 9.26 Å².